The summed E-state index contributed by atoms with van der Waals surface area (Å²) in [7, 11) is 0. The number of anilines is 2. The second kappa shape index (κ2) is 5.69. The Morgan fingerprint density at radius 1 is 1.16 bits per heavy atom. The fraction of sp³-hybridized carbons (Fsp3) is 0. The van der Waals surface area contributed by atoms with Crippen molar-refractivity contribution >= 4 is 52.6 Å². The van der Waals surface area contributed by atoms with Gasteiger partial charge in [0.15, 0.2) is 12.1 Å². The van der Waals surface area contributed by atoms with E-state index < -0.39 is 5.82 Å². The third-order valence-corrected chi connectivity index (χ3v) is 3.05. The van der Waals surface area contributed by atoms with E-state index in [2.05, 4.69) is 15.3 Å². The molecule has 0 amide bonds. The van der Waals surface area contributed by atoms with Crippen LogP contribution in [-0.4, -0.2) is 16.3 Å². The maximum Gasteiger partial charge on any atom is 0.160 e. The van der Waals surface area contributed by atoms with Crippen LogP contribution >= 0.6 is 34.8 Å². The number of rotatable bonds is 3. The Morgan fingerprint density at radius 3 is 2.37 bits per heavy atom. The normalized spacial score (nSPS) is 10.3. The first-order valence-electron chi connectivity index (χ1n) is 4.90. The van der Waals surface area contributed by atoms with Crippen LogP contribution in [0.3, 0.4) is 0 Å². The lowest BCUT2D eigenvalue weighted by molar-refractivity contribution is 0.112. The summed E-state index contributed by atoms with van der Waals surface area (Å²) in [5.74, 6) is -0.543. The molecule has 0 bridgehead atoms. The van der Waals surface area contributed by atoms with E-state index in [-0.39, 0.29) is 26.6 Å². The Morgan fingerprint density at radius 2 is 1.79 bits per heavy atom. The highest BCUT2D eigenvalue weighted by Gasteiger charge is 2.12. The predicted octanol–water partition coefficient (Wildman–Crippen LogP) is 4.13. The van der Waals surface area contributed by atoms with Gasteiger partial charge in [-0.25, -0.2) is 14.4 Å². The Bertz CT molecular complexity index is 628. The second-order valence-electron chi connectivity index (χ2n) is 3.42. The Balaban J connectivity index is 2.42. The Labute approximate surface area is 122 Å². The number of halogens is 4. The van der Waals surface area contributed by atoms with Crippen molar-refractivity contribution in [1.82, 2.24) is 9.97 Å². The van der Waals surface area contributed by atoms with Crippen molar-refractivity contribution in [3.8, 4) is 0 Å². The van der Waals surface area contributed by atoms with Gasteiger partial charge in [0.05, 0.1) is 15.6 Å². The topological polar surface area (TPSA) is 54.9 Å². The lowest BCUT2D eigenvalue weighted by Gasteiger charge is -2.09. The molecule has 2 aromatic rings. The lowest BCUT2D eigenvalue weighted by atomic mass is 10.3. The van der Waals surface area contributed by atoms with Gasteiger partial charge in [-0.1, -0.05) is 34.8 Å². The van der Waals surface area contributed by atoms with Crippen LogP contribution in [0.15, 0.2) is 18.5 Å². The molecule has 98 valence electrons. The maximum atomic E-state index is 13.3. The van der Waals surface area contributed by atoms with Crippen LogP contribution in [0.1, 0.15) is 10.4 Å². The average molecular weight is 321 g/mol. The Hall–Kier alpha value is -1.43. The molecule has 0 saturated heterocycles. The molecule has 0 aliphatic carbocycles. The van der Waals surface area contributed by atoms with Crippen LogP contribution in [0.25, 0.3) is 0 Å². The minimum Gasteiger partial charge on any atom is -0.339 e. The number of nitrogens with one attached hydrogen (secondary N) is 1. The zero-order valence-corrected chi connectivity index (χ0v) is 11.4. The van der Waals surface area contributed by atoms with E-state index in [0.717, 1.165) is 0 Å². The van der Waals surface area contributed by atoms with Gasteiger partial charge in [0.25, 0.3) is 0 Å². The van der Waals surface area contributed by atoms with Crippen LogP contribution in [0, 0.1) is 5.82 Å². The molecular formula is C11H5Cl3FN3O. The zero-order chi connectivity index (χ0) is 14.0. The number of carbonyl (C=O) groups excluding carboxylic acids is 1. The highest BCUT2D eigenvalue weighted by molar-refractivity contribution is 6.35. The average Bonchev–Trinajstić information content (AvgIpc) is 2.36. The van der Waals surface area contributed by atoms with Crippen molar-refractivity contribution in [3.05, 3.63) is 45.0 Å². The molecule has 0 unspecified atom stereocenters. The van der Waals surface area contributed by atoms with Crippen molar-refractivity contribution in [2.45, 2.75) is 0 Å². The standard InChI is InChI=1S/C11H5Cl3FN3O/c12-7-1-5(2-8(13)9(7)15)18-11-6(3-19)10(14)16-4-17-11/h1-4H,(H,16,17,18). The number of benzene rings is 1. The van der Waals surface area contributed by atoms with E-state index in [9.17, 15) is 9.18 Å². The number of hydrogen-bond acceptors (Lipinski definition) is 4. The first-order valence-corrected chi connectivity index (χ1v) is 6.03. The van der Waals surface area contributed by atoms with Gasteiger partial charge in [-0.05, 0) is 12.1 Å². The maximum absolute atomic E-state index is 13.3. The highest BCUT2D eigenvalue weighted by Crippen LogP contribution is 2.29. The molecule has 0 spiro atoms. The molecular weight excluding hydrogens is 315 g/mol. The number of carbonyl (C=O) groups is 1. The van der Waals surface area contributed by atoms with Crippen LogP contribution in [0.5, 0.6) is 0 Å². The van der Waals surface area contributed by atoms with Crippen molar-refractivity contribution in [2.75, 3.05) is 5.32 Å². The van der Waals surface area contributed by atoms with Gasteiger partial charge < -0.3 is 5.32 Å². The molecule has 0 atom stereocenters. The van der Waals surface area contributed by atoms with Gasteiger partial charge in [-0.2, -0.15) is 0 Å². The third-order valence-electron chi connectivity index (χ3n) is 2.20. The molecule has 0 fully saturated rings. The molecule has 1 N–H and O–H groups in total. The van der Waals surface area contributed by atoms with Gasteiger partial charge in [0, 0.05) is 5.69 Å². The van der Waals surface area contributed by atoms with E-state index in [4.69, 9.17) is 34.8 Å². The minimum absolute atomic E-state index is 0.00630. The van der Waals surface area contributed by atoms with Gasteiger partial charge in [-0.15, -0.1) is 0 Å². The molecule has 0 aliphatic rings. The molecule has 4 nitrogen and oxygen atoms in total. The monoisotopic (exact) mass is 319 g/mol. The van der Waals surface area contributed by atoms with Crippen molar-refractivity contribution in [1.29, 1.82) is 0 Å². The summed E-state index contributed by atoms with van der Waals surface area (Å²) in [6.45, 7) is 0. The molecule has 19 heavy (non-hydrogen) atoms. The first-order chi connectivity index (χ1) is 9.02. The van der Waals surface area contributed by atoms with E-state index >= 15 is 0 Å². The summed E-state index contributed by atoms with van der Waals surface area (Å²) in [5, 5.41) is 2.48. The van der Waals surface area contributed by atoms with Gasteiger partial charge in [0.2, 0.25) is 0 Å². The summed E-state index contributed by atoms with van der Waals surface area (Å²) in [6, 6.07) is 2.63. The number of hydrogen-bond donors (Lipinski definition) is 1. The van der Waals surface area contributed by atoms with Gasteiger partial charge >= 0.3 is 0 Å². The van der Waals surface area contributed by atoms with E-state index in [0.29, 0.717) is 12.0 Å². The van der Waals surface area contributed by atoms with Gasteiger partial charge in [-0.3, -0.25) is 4.79 Å². The van der Waals surface area contributed by atoms with Gasteiger partial charge in [0.1, 0.15) is 17.3 Å². The largest absolute Gasteiger partial charge is 0.339 e. The number of aldehydes is 1. The molecule has 1 aromatic carbocycles. The fourth-order valence-corrected chi connectivity index (χ4v) is 2.01. The quantitative estimate of drug-likeness (QED) is 0.525. The highest BCUT2D eigenvalue weighted by atomic mass is 35.5. The Kier molecular flexibility index (Phi) is 4.19. The van der Waals surface area contributed by atoms with Crippen LogP contribution < -0.4 is 5.32 Å². The summed E-state index contributed by atoms with van der Waals surface area (Å²) < 4.78 is 13.3. The van der Waals surface area contributed by atoms with E-state index in [1.54, 1.807) is 0 Å². The molecule has 1 heterocycles. The number of nitrogens with zero attached hydrogens (tertiary/aromatic N) is 2. The summed E-state index contributed by atoms with van der Waals surface area (Å²) in [6.07, 6.45) is 1.70. The van der Waals surface area contributed by atoms with E-state index in [1.165, 1.54) is 18.5 Å². The van der Waals surface area contributed by atoms with Crippen LogP contribution in [0.4, 0.5) is 15.9 Å². The molecule has 0 radical (unpaired) electrons. The summed E-state index contributed by atoms with van der Waals surface area (Å²) >= 11 is 17.1. The van der Waals surface area contributed by atoms with Crippen molar-refractivity contribution in [3.63, 3.8) is 0 Å². The first kappa shape index (κ1) is 14.0. The predicted molar refractivity (Wildman–Crippen MR) is 72.1 cm³/mol. The van der Waals surface area contributed by atoms with Crippen molar-refractivity contribution in [2.24, 2.45) is 0 Å². The molecule has 0 saturated carbocycles. The minimum atomic E-state index is -0.717. The molecule has 0 aliphatic heterocycles. The smallest absolute Gasteiger partial charge is 0.160 e. The summed E-state index contributed by atoms with van der Waals surface area (Å²) in [4.78, 5) is 18.5. The van der Waals surface area contributed by atoms with Crippen LogP contribution in [0.2, 0.25) is 15.2 Å². The molecule has 2 rings (SSSR count). The fourth-order valence-electron chi connectivity index (χ4n) is 1.34. The summed E-state index contributed by atoms with van der Waals surface area (Å²) in [5.41, 5.74) is 0.454. The van der Waals surface area contributed by atoms with Crippen LogP contribution in [-0.2, 0) is 0 Å². The molecule has 8 heteroatoms. The second-order valence-corrected chi connectivity index (χ2v) is 4.60. The SMILES string of the molecule is O=Cc1c(Cl)ncnc1Nc1cc(Cl)c(F)c(Cl)c1. The molecule has 1 aromatic heterocycles. The lowest BCUT2D eigenvalue weighted by Crippen LogP contribution is -2.01. The van der Waals surface area contributed by atoms with Crippen molar-refractivity contribution < 1.29 is 9.18 Å². The van der Waals surface area contributed by atoms with E-state index in [1.807, 2.05) is 0 Å². The third kappa shape index (κ3) is 2.94. The zero-order valence-electron chi connectivity index (χ0n) is 9.12. The number of aromatic nitrogens is 2.